The molecule has 0 aliphatic heterocycles. The highest BCUT2D eigenvalue weighted by molar-refractivity contribution is 5.42. The number of nitrogens with one attached hydrogen (secondary N) is 1. The monoisotopic (exact) mass is 318 g/mol. The van der Waals surface area contributed by atoms with Crippen LogP contribution in [0.25, 0.3) is 0 Å². The highest BCUT2D eigenvalue weighted by Crippen LogP contribution is 2.26. The minimum atomic E-state index is -1.07. The summed E-state index contributed by atoms with van der Waals surface area (Å²) in [5.41, 5.74) is 1.22. The molecule has 2 N–H and O–H groups in total. The van der Waals surface area contributed by atoms with E-state index in [1.165, 1.54) is 0 Å². The average Bonchev–Trinajstić information content (AvgIpc) is 2.80. The number of benzene rings is 1. The second kappa shape index (κ2) is 6.52. The van der Waals surface area contributed by atoms with Gasteiger partial charge in [-0.25, -0.2) is 0 Å². The van der Waals surface area contributed by atoms with E-state index in [0.717, 1.165) is 16.9 Å². The molecular formula is C17H22N2O4. The zero-order valence-electron chi connectivity index (χ0n) is 13.8. The predicted octanol–water partition coefficient (Wildman–Crippen LogP) is 3.11. The highest BCUT2D eigenvalue weighted by atomic mass is 16.6. The summed E-state index contributed by atoms with van der Waals surface area (Å²) in [7, 11) is 0. The molecule has 0 saturated heterocycles. The first kappa shape index (κ1) is 17.2. The Morgan fingerprint density at radius 2 is 2.00 bits per heavy atom. The van der Waals surface area contributed by atoms with Gasteiger partial charge in [-0.3, -0.25) is 10.1 Å². The molecule has 1 atom stereocenters. The second-order valence-electron chi connectivity index (χ2n) is 6.08. The Morgan fingerprint density at radius 3 is 2.57 bits per heavy atom. The lowest BCUT2D eigenvalue weighted by Crippen LogP contribution is -2.35. The number of hydrogen-bond donors (Lipinski definition) is 2. The van der Waals surface area contributed by atoms with Gasteiger partial charge in [0.1, 0.15) is 17.1 Å². The van der Waals surface area contributed by atoms with E-state index in [0.29, 0.717) is 24.4 Å². The van der Waals surface area contributed by atoms with Gasteiger partial charge in [0.25, 0.3) is 5.69 Å². The number of hydrogen-bond acceptors (Lipinski definition) is 5. The van der Waals surface area contributed by atoms with Crippen molar-refractivity contribution in [2.24, 2.45) is 0 Å². The van der Waals surface area contributed by atoms with Crippen LogP contribution in [0.2, 0.25) is 0 Å². The van der Waals surface area contributed by atoms with Crippen molar-refractivity contribution < 1.29 is 14.4 Å². The first-order valence-electron chi connectivity index (χ1n) is 7.45. The Kier molecular flexibility index (Phi) is 4.87. The highest BCUT2D eigenvalue weighted by Gasteiger charge is 2.27. The van der Waals surface area contributed by atoms with Crippen LogP contribution in [-0.2, 0) is 12.1 Å². The van der Waals surface area contributed by atoms with Crippen LogP contribution in [0.15, 0.2) is 28.7 Å². The number of rotatable bonds is 6. The van der Waals surface area contributed by atoms with Gasteiger partial charge in [-0.2, -0.15) is 0 Å². The summed E-state index contributed by atoms with van der Waals surface area (Å²) in [6, 6.07) is 6.96. The van der Waals surface area contributed by atoms with Crippen molar-refractivity contribution in [3.05, 3.63) is 62.6 Å². The largest absolute Gasteiger partial charge is 0.466 e. The van der Waals surface area contributed by atoms with Crippen molar-refractivity contribution in [2.45, 2.75) is 39.8 Å². The SMILES string of the molecule is Cc1cc(C(C)(O)CNCc2ccc(C)c([N+](=O)[O-])c2)c(C)o1. The van der Waals surface area contributed by atoms with Gasteiger partial charge in [0, 0.05) is 30.3 Å². The zero-order valence-corrected chi connectivity index (χ0v) is 13.8. The maximum Gasteiger partial charge on any atom is 0.272 e. The minimum absolute atomic E-state index is 0.109. The Labute approximate surface area is 135 Å². The first-order valence-corrected chi connectivity index (χ1v) is 7.45. The van der Waals surface area contributed by atoms with Crippen LogP contribution in [0.4, 0.5) is 5.69 Å². The van der Waals surface area contributed by atoms with Crippen molar-refractivity contribution in [1.29, 1.82) is 0 Å². The molecule has 6 nitrogen and oxygen atoms in total. The molecule has 1 aromatic carbocycles. The van der Waals surface area contributed by atoms with Crippen LogP contribution in [0.1, 0.15) is 35.1 Å². The molecule has 0 aliphatic rings. The van der Waals surface area contributed by atoms with E-state index in [1.54, 1.807) is 26.0 Å². The molecule has 0 bridgehead atoms. The Bertz CT molecular complexity index is 719. The van der Waals surface area contributed by atoms with E-state index in [1.807, 2.05) is 26.0 Å². The smallest absolute Gasteiger partial charge is 0.272 e. The van der Waals surface area contributed by atoms with E-state index < -0.39 is 5.60 Å². The lowest BCUT2D eigenvalue weighted by atomic mass is 9.96. The minimum Gasteiger partial charge on any atom is -0.466 e. The standard InChI is InChI=1S/C17H22N2O4/c1-11-5-6-14(8-16(11)19(21)22)9-18-10-17(4,20)15-7-12(2)23-13(15)3/h5-8,18,20H,9-10H2,1-4H3. The van der Waals surface area contributed by atoms with Crippen LogP contribution in [0.5, 0.6) is 0 Å². The summed E-state index contributed by atoms with van der Waals surface area (Å²) in [6.07, 6.45) is 0. The Hall–Kier alpha value is -2.18. The molecule has 23 heavy (non-hydrogen) atoms. The Morgan fingerprint density at radius 1 is 1.30 bits per heavy atom. The van der Waals surface area contributed by atoms with Gasteiger partial charge in [0.05, 0.1) is 4.92 Å². The van der Waals surface area contributed by atoms with Gasteiger partial charge in [0.2, 0.25) is 0 Å². The fourth-order valence-electron chi connectivity index (χ4n) is 2.67. The van der Waals surface area contributed by atoms with Gasteiger partial charge in [-0.05, 0) is 39.3 Å². The molecule has 0 saturated carbocycles. The van der Waals surface area contributed by atoms with Crippen LogP contribution in [0.3, 0.4) is 0 Å². The third-order valence-electron chi connectivity index (χ3n) is 3.89. The van der Waals surface area contributed by atoms with E-state index in [4.69, 9.17) is 4.42 Å². The number of nitro groups is 1. The molecule has 1 aromatic heterocycles. The van der Waals surface area contributed by atoms with Gasteiger partial charge in [0.15, 0.2) is 0 Å². The molecular weight excluding hydrogens is 296 g/mol. The molecule has 124 valence electrons. The third kappa shape index (κ3) is 3.97. The summed E-state index contributed by atoms with van der Waals surface area (Å²) in [5, 5.41) is 24.7. The van der Waals surface area contributed by atoms with Gasteiger partial charge in [-0.1, -0.05) is 12.1 Å². The van der Waals surface area contributed by atoms with E-state index in [9.17, 15) is 15.2 Å². The van der Waals surface area contributed by atoms with E-state index in [2.05, 4.69) is 5.32 Å². The van der Waals surface area contributed by atoms with Crippen molar-refractivity contribution in [2.75, 3.05) is 6.54 Å². The third-order valence-corrected chi connectivity index (χ3v) is 3.89. The summed E-state index contributed by atoms with van der Waals surface area (Å²) >= 11 is 0. The molecule has 0 fully saturated rings. The van der Waals surface area contributed by atoms with Crippen molar-refractivity contribution in [1.82, 2.24) is 5.32 Å². The van der Waals surface area contributed by atoms with Crippen molar-refractivity contribution in [3.8, 4) is 0 Å². The maximum absolute atomic E-state index is 11.0. The van der Waals surface area contributed by atoms with E-state index in [-0.39, 0.29) is 10.6 Å². The summed E-state index contributed by atoms with van der Waals surface area (Å²) in [6.45, 7) is 7.84. The number of nitrogens with zero attached hydrogens (tertiary/aromatic N) is 1. The van der Waals surface area contributed by atoms with Crippen molar-refractivity contribution in [3.63, 3.8) is 0 Å². The number of aliphatic hydroxyl groups is 1. The molecule has 1 unspecified atom stereocenters. The quantitative estimate of drug-likeness (QED) is 0.631. The van der Waals surface area contributed by atoms with Gasteiger partial charge >= 0.3 is 0 Å². The summed E-state index contributed by atoms with van der Waals surface area (Å²) in [5.74, 6) is 1.45. The fraction of sp³-hybridized carbons (Fsp3) is 0.412. The Balaban J connectivity index is 2.03. The number of furan rings is 1. The second-order valence-corrected chi connectivity index (χ2v) is 6.08. The van der Waals surface area contributed by atoms with Crippen LogP contribution in [-0.4, -0.2) is 16.6 Å². The zero-order chi connectivity index (χ0) is 17.2. The molecule has 1 heterocycles. The molecule has 2 rings (SSSR count). The normalized spacial score (nSPS) is 13.8. The van der Waals surface area contributed by atoms with Gasteiger partial charge < -0.3 is 14.8 Å². The molecule has 0 aliphatic carbocycles. The lowest BCUT2D eigenvalue weighted by molar-refractivity contribution is -0.385. The first-order chi connectivity index (χ1) is 10.7. The average molecular weight is 318 g/mol. The predicted molar refractivity (Wildman–Crippen MR) is 87.3 cm³/mol. The number of nitro benzene ring substituents is 1. The molecule has 0 amide bonds. The summed E-state index contributed by atoms with van der Waals surface area (Å²) < 4.78 is 5.46. The fourth-order valence-corrected chi connectivity index (χ4v) is 2.67. The lowest BCUT2D eigenvalue weighted by Gasteiger charge is -2.23. The molecule has 0 spiro atoms. The molecule has 6 heteroatoms. The van der Waals surface area contributed by atoms with Crippen molar-refractivity contribution >= 4 is 5.69 Å². The topological polar surface area (TPSA) is 88.5 Å². The summed E-state index contributed by atoms with van der Waals surface area (Å²) in [4.78, 5) is 10.6. The van der Waals surface area contributed by atoms with Crippen LogP contribution < -0.4 is 5.32 Å². The van der Waals surface area contributed by atoms with Crippen LogP contribution in [0, 0.1) is 30.9 Å². The van der Waals surface area contributed by atoms with Gasteiger partial charge in [-0.15, -0.1) is 0 Å². The maximum atomic E-state index is 11.0. The molecule has 0 radical (unpaired) electrons. The number of aryl methyl sites for hydroxylation is 3. The van der Waals surface area contributed by atoms with Crippen LogP contribution >= 0.6 is 0 Å². The van der Waals surface area contributed by atoms with E-state index >= 15 is 0 Å². The molecule has 2 aromatic rings.